The maximum Gasteiger partial charge on any atom is 0.243 e. The van der Waals surface area contributed by atoms with E-state index in [2.05, 4.69) is 48.7 Å². The number of fused-ring (bicyclic) bond motifs is 1. The first-order valence-corrected chi connectivity index (χ1v) is 16.1. The molecule has 2 N–H and O–H groups in total. The highest BCUT2D eigenvalue weighted by atomic mass is 35.5. The first kappa shape index (κ1) is 28.8. The number of piperidine rings is 2. The molecule has 0 radical (unpaired) electrons. The summed E-state index contributed by atoms with van der Waals surface area (Å²) in [7, 11) is 1.99. The largest absolute Gasteiger partial charge is 0.351 e. The summed E-state index contributed by atoms with van der Waals surface area (Å²) in [5.74, 6) is 0.944. The molecule has 2 atom stereocenters. The Kier molecular flexibility index (Phi) is 7.92. The van der Waals surface area contributed by atoms with Crippen molar-refractivity contribution in [2.75, 3.05) is 18.4 Å². The van der Waals surface area contributed by atoms with Crippen molar-refractivity contribution in [3.8, 4) is 11.3 Å². The number of aromatic nitrogens is 4. The molecule has 1 aliphatic carbocycles. The van der Waals surface area contributed by atoms with Crippen LogP contribution in [0.3, 0.4) is 0 Å². The summed E-state index contributed by atoms with van der Waals surface area (Å²) in [6.45, 7) is 3.49. The molecule has 12 heteroatoms. The van der Waals surface area contributed by atoms with Gasteiger partial charge in [-0.2, -0.15) is 17.7 Å². The molecule has 3 aliphatic heterocycles. The first-order valence-electron chi connectivity index (χ1n) is 15.2. The zero-order valence-corrected chi connectivity index (χ0v) is 25.9. The van der Waals surface area contributed by atoms with Crippen LogP contribution in [-0.2, 0) is 36.1 Å². The smallest absolute Gasteiger partial charge is 0.243 e. The van der Waals surface area contributed by atoms with Crippen molar-refractivity contribution in [3.05, 3.63) is 58.0 Å². The van der Waals surface area contributed by atoms with Gasteiger partial charge in [-0.1, -0.05) is 29.8 Å². The Hall–Kier alpha value is -2.99. The summed E-state index contributed by atoms with van der Waals surface area (Å²) in [6, 6.07) is 6.55. The SMILES string of the molecule is Cn1ncc(-c2nc(NC3CCN(Cc4ccc5c(c4)CN(C4CCC(=O)NC4=O)C5S)CC3)ncc2Cl)c1CC1CC1. The highest BCUT2D eigenvalue weighted by molar-refractivity contribution is 7.80. The number of halogens is 1. The van der Waals surface area contributed by atoms with E-state index >= 15 is 0 Å². The Labute approximate surface area is 262 Å². The van der Waals surface area contributed by atoms with Crippen LogP contribution >= 0.6 is 24.2 Å². The van der Waals surface area contributed by atoms with Crippen molar-refractivity contribution in [3.63, 3.8) is 0 Å². The van der Waals surface area contributed by atoms with Crippen molar-refractivity contribution in [1.29, 1.82) is 0 Å². The third-order valence-electron chi connectivity index (χ3n) is 9.33. The van der Waals surface area contributed by atoms with Gasteiger partial charge in [0.1, 0.15) is 0 Å². The van der Waals surface area contributed by atoms with Gasteiger partial charge < -0.3 is 5.32 Å². The number of imide groups is 1. The van der Waals surface area contributed by atoms with Gasteiger partial charge >= 0.3 is 0 Å². The average Bonchev–Trinajstić information content (AvgIpc) is 3.67. The second kappa shape index (κ2) is 11.8. The highest BCUT2D eigenvalue weighted by Crippen LogP contribution is 2.40. The van der Waals surface area contributed by atoms with E-state index in [4.69, 9.17) is 29.2 Å². The lowest BCUT2D eigenvalue weighted by Gasteiger charge is -2.32. The number of carbonyl (C=O) groups is 2. The van der Waals surface area contributed by atoms with Gasteiger partial charge in [0.25, 0.3) is 0 Å². The number of nitrogens with zero attached hydrogens (tertiary/aromatic N) is 6. The van der Waals surface area contributed by atoms with Crippen LogP contribution < -0.4 is 10.6 Å². The molecule has 0 spiro atoms. The molecule has 10 nitrogen and oxygen atoms in total. The number of carbonyl (C=O) groups excluding carboxylic acids is 2. The standard InChI is InChI=1S/C31H37ClN8O2S/c1-38-26(13-18-2-3-18)23(14-34-38)28-24(32)15-33-31(37-28)35-21-8-10-39(11-9-21)16-19-4-5-22-20(12-19)17-40(30(22)43)25-6-7-27(41)36-29(25)42/h4-5,12,14-15,18,21,25,30,43H,2-3,6-11,13,16-17H2,1H3,(H,33,35,37)(H,36,41,42). The summed E-state index contributed by atoms with van der Waals surface area (Å²) >= 11 is 11.4. The van der Waals surface area contributed by atoms with Crippen LogP contribution in [0.15, 0.2) is 30.6 Å². The van der Waals surface area contributed by atoms with Crippen molar-refractivity contribution < 1.29 is 9.59 Å². The molecule has 226 valence electrons. The quantitative estimate of drug-likeness (QED) is 0.255. The molecular formula is C31H37ClN8O2S. The Morgan fingerprint density at radius 1 is 1.12 bits per heavy atom. The van der Waals surface area contributed by atoms with Crippen LogP contribution in [-0.4, -0.2) is 66.5 Å². The predicted molar refractivity (Wildman–Crippen MR) is 167 cm³/mol. The number of amides is 2. The third kappa shape index (κ3) is 6.05. The summed E-state index contributed by atoms with van der Waals surface area (Å²) < 4.78 is 1.95. The molecule has 5 heterocycles. The summed E-state index contributed by atoms with van der Waals surface area (Å²) in [4.78, 5) is 38.0. The predicted octanol–water partition coefficient (Wildman–Crippen LogP) is 4.11. The second-order valence-corrected chi connectivity index (χ2v) is 13.3. The van der Waals surface area contributed by atoms with E-state index in [1.54, 1.807) is 6.20 Å². The highest BCUT2D eigenvalue weighted by Gasteiger charge is 2.39. The summed E-state index contributed by atoms with van der Waals surface area (Å²) in [5, 5.41) is 10.9. The second-order valence-electron chi connectivity index (χ2n) is 12.4. The molecule has 2 saturated heterocycles. The van der Waals surface area contributed by atoms with E-state index < -0.39 is 0 Å². The van der Waals surface area contributed by atoms with Crippen LogP contribution in [0.4, 0.5) is 5.95 Å². The van der Waals surface area contributed by atoms with Crippen molar-refractivity contribution in [1.82, 2.24) is 34.9 Å². The van der Waals surface area contributed by atoms with E-state index in [1.165, 1.54) is 29.7 Å². The number of anilines is 1. The zero-order valence-electron chi connectivity index (χ0n) is 24.3. The average molecular weight is 621 g/mol. The van der Waals surface area contributed by atoms with Gasteiger partial charge in [0.05, 0.1) is 34.5 Å². The summed E-state index contributed by atoms with van der Waals surface area (Å²) in [5.41, 5.74) is 6.55. The Morgan fingerprint density at radius 3 is 2.70 bits per heavy atom. The lowest BCUT2D eigenvalue weighted by molar-refractivity contribution is -0.137. The molecule has 3 fully saturated rings. The topological polar surface area (TPSA) is 108 Å². The molecule has 2 aromatic heterocycles. The van der Waals surface area contributed by atoms with Crippen molar-refractivity contribution in [2.24, 2.45) is 13.0 Å². The lowest BCUT2D eigenvalue weighted by atomic mass is 10.0. The van der Waals surface area contributed by atoms with E-state index in [9.17, 15) is 9.59 Å². The van der Waals surface area contributed by atoms with Gasteiger partial charge in [0, 0.05) is 56.9 Å². The molecule has 4 aliphatic rings. The van der Waals surface area contributed by atoms with E-state index in [1.807, 2.05) is 17.9 Å². The fourth-order valence-corrected chi connectivity index (χ4v) is 7.37. The van der Waals surface area contributed by atoms with E-state index in [0.29, 0.717) is 30.4 Å². The van der Waals surface area contributed by atoms with Gasteiger partial charge in [-0.25, -0.2) is 9.97 Å². The number of aryl methyl sites for hydroxylation is 1. The number of hydrogen-bond donors (Lipinski definition) is 3. The molecule has 43 heavy (non-hydrogen) atoms. The number of thiol groups is 1. The maximum atomic E-state index is 12.5. The number of rotatable bonds is 8. The molecular weight excluding hydrogens is 584 g/mol. The molecule has 0 bridgehead atoms. The van der Waals surface area contributed by atoms with Crippen LogP contribution in [0.2, 0.25) is 5.02 Å². The van der Waals surface area contributed by atoms with Gasteiger partial charge in [0.15, 0.2) is 0 Å². The zero-order chi connectivity index (χ0) is 29.7. The third-order valence-corrected chi connectivity index (χ3v) is 10.2. The Balaban J connectivity index is 0.952. The molecule has 7 rings (SSSR count). The Bertz CT molecular complexity index is 1550. The lowest BCUT2D eigenvalue weighted by Crippen LogP contribution is -2.51. The molecule has 2 unspecified atom stereocenters. The minimum Gasteiger partial charge on any atom is -0.351 e. The van der Waals surface area contributed by atoms with Crippen LogP contribution in [0, 0.1) is 5.92 Å². The van der Waals surface area contributed by atoms with Crippen molar-refractivity contribution >= 4 is 42.0 Å². The molecule has 3 aromatic rings. The fourth-order valence-electron chi connectivity index (χ4n) is 6.69. The fraction of sp³-hybridized carbons (Fsp3) is 0.516. The van der Waals surface area contributed by atoms with E-state index in [0.717, 1.165) is 61.6 Å². The number of nitrogens with one attached hydrogen (secondary N) is 2. The van der Waals surface area contributed by atoms with Gasteiger partial charge in [-0.15, -0.1) is 0 Å². The van der Waals surface area contributed by atoms with Crippen LogP contribution in [0.5, 0.6) is 0 Å². The van der Waals surface area contributed by atoms with E-state index in [-0.39, 0.29) is 29.3 Å². The number of likely N-dealkylation sites (tertiary alicyclic amines) is 1. The number of hydrogen-bond acceptors (Lipinski definition) is 9. The normalized spacial score (nSPS) is 23.4. The van der Waals surface area contributed by atoms with Crippen molar-refractivity contribution in [2.45, 2.75) is 75.5 Å². The number of benzene rings is 1. The van der Waals surface area contributed by atoms with Gasteiger partial charge in [-0.3, -0.25) is 29.4 Å². The molecule has 2 amide bonds. The minimum absolute atomic E-state index is 0.145. The summed E-state index contributed by atoms with van der Waals surface area (Å²) in [6.07, 6.45) is 10.0. The van der Waals surface area contributed by atoms with Gasteiger partial charge in [-0.05, 0) is 61.1 Å². The first-order chi connectivity index (χ1) is 20.8. The maximum absolute atomic E-state index is 12.5. The minimum atomic E-state index is -0.322. The molecule has 1 saturated carbocycles. The van der Waals surface area contributed by atoms with Crippen LogP contribution in [0.1, 0.15) is 66.3 Å². The van der Waals surface area contributed by atoms with Gasteiger partial charge in [0.2, 0.25) is 17.8 Å². The molecule has 1 aromatic carbocycles. The Morgan fingerprint density at radius 2 is 1.93 bits per heavy atom. The monoisotopic (exact) mass is 620 g/mol. The van der Waals surface area contributed by atoms with Crippen LogP contribution in [0.25, 0.3) is 11.3 Å².